The summed E-state index contributed by atoms with van der Waals surface area (Å²) >= 11 is 7.24. The summed E-state index contributed by atoms with van der Waals surface area (Å²) in [6.45, 7) is 3.24. The molecule has 0 spiro atoms. The van der Waals surface area contributed by atoms with Crippen LogP contribution in [0.4, 0.5) is 0 Å². The number of benzene rings is 1. The molecule has 1 aromatic heterocycles. The normalized spacial score (nSPS) is 13.1. The van der Waals surface area contributed by atoms with Crippen molar-refractivity contribution in [1.29, 1.82) is 0 Å². The summed E-state index contributed by atoms with van der Waals surface area (Å²) in [6.07, 6.45) is 3.30. The number of nitrogens with zero attached hydrogens (tertiary/aromatic N) is 1. The van der Waals surface area contributed by atoms with E-state index in [9.17, 15) is 0 Å². The van der Waals surface area contributed by atoms with E-state index in [-0.39, 0.29) is 0 Å². The molecule has 2 aromatic rings. The van der Waals surface area contributed by atoms with Gasteiger partial charge in [0.25, 0.3) is 0 Å². The number of aryl methyl sites for hydroxylation is 1. The fourth-order valence-corrected chi connectivity index (χ4v) is 2.40. The number of aromatic nitrogens is 2. The minimum atomic E-state index is 0.676. The molecule has 2 nitrogen and oxygen atoms in total. The number of rotatable bonds is 4. The quantitative estimate of drug-likeness (QED) is 0.835. The van der Waals surface area contributed by atoms with Crippen LogP contribution in [0, 0.1) is 4.77 Å². The van der Waals surface area contributed by atoms with Crippen molar-refractivity contribution in [2.75, 3.05) is 6.26 Å². The van der Waals surface area contributed by atoms with E-state index in [1.165, 1.54) is 5.52 Å². The van der Waals surface area contributed by atoms with Gasteiger partial charge in [-0.2, -0.15) is 11.8 Å². The Labute approximate surface area is 105 Å². The van der Waals surface area contributed by atoms with Gasteiger partial charge in [-0.05, 0) is 37.0 Å². The summed E-state index contributed by atoms with van der Waals surface area (Å²) in [5, 5.41) is 0.676. The second-order valence-electron chi connectivity index (χ2n) is 3.93. The monoisotopic (exact) mass is 252 g/mol. The predicted molar refractivity (Wildman–Crippen MR) is 74.7 cm³/mol. The zero-order valence-electron chi connectivity index (χ0n) is 9.56. The Morgan fingerprint density at radius 1 is 1.44 bits per heavy atom. The van der Waals surface area contributed by atoms with Gasteiger partial charge in [0.15, 0.2) is 4.77 Å². The van der Waals surface area contributed by atoms with E-state index in [4.69, 9.17) is 12.2 Å². The summed E-state index contributed by atoms with van der Waals surface area (Å²) in [6, 6.07) is 8.27. The van der Waals surface area contributed by atoms with Crippen LogP contribution in [0.5, 0.6) is 0 Å². The van der Waals surface area contributed by atoms with Gasteiger partial charge in [0.1, 0.15) is 0 Å². The minimum Gasteiger partial charge on any atom is -0.331 e. The average Bonchev–Trinajstić information content (AvgIpc) is 2.62. The highest BCUT2D eigenvalue weighted by atomic mass is 32.2. The van der Waals surface area contributed by atoms with Crippen LogP contribution in [0.3, 0.4) is 0 Å². The lowest BCUT2D eigenvalue weighted by Crippen LogP contribution is -2.04. The average molecular weight is 252 g/mol. The first-order valence-electron chi connectivity index (χ1n) is 5.42. The standard InChI is InChI=1S/C12H16N2S2/c1-9(16-2)7-8-14-11-6-4-3-5-10(11)13-12(14)15/h3-6,9H,7-8H2,1-2H3,(H,13,15). The van der Waals surface area contributed by atoms with Crippen LogP contribution in [-0.4, -0.2) is 21.1 Å². The summed E-state index contributed by atoms with van der Waals surface area (Å²) < 4.78 is 3.02. The number of thioether (sulfide) groups is 1. The zero-order valence-corrected chi connectivity index (χ0v) is 11.2. The van der Waals surface area contributed by atoms with Gasteiger partial charge >= 0.3 is 0 Å². The molecule has 0 fully saturated rings. The van der Waals surface area contributed by atoms with Crippen LogP contribution in [-0.2, 0) is 6.54 Å². The molecule has 0 amide bonds. The second kappa shape index (κ2) is 5.06. The molecule has 0 aliphatic heterocycles. The largest absolute Gasteiger partial charge is 0.331 e. The molecule has 0 bridgehead atoms. The Balaban J connectivity index is 2.29. The van der Waals surface area contributed by atoms with Crippen LogP contribution in [0.1, 0.15) is 13.3 Å². The lowest BCUT2D eigenvalue weighted by Gasteiger charge is -2.09. The van der Waals surface area contributed by atoms with E-state index >= 15 is 0 Å². The number of hydrogen-bond acceptors (Lipinski definition) is 2. The number of nitrogens with one attached hydrogen (secondary N) is 1. The van der Waals surface area contributed by atoms with Crippen molar-refractivity contribution in [2.24, 2.45) is 0 Å². The highest BCUT2D eigenvalue weighted by molar-refractivity contribution is 7.99. The maximum Gasteiger partial charge on any atom is 0.178 e. The molecule has 0 aliphatic carbocycles. The van der Waals surface area contributed by atoms with E-state index in [1.54, 1.807) is 0 Å². The Kier molecular flexibility index (Phi) is 3.71. The third kappa shape index (κ3) is 2.33. The Hall–Kier alpha value is -0.740. The number of para-hydroxylation sites is 2. The van der Waals surface area contributed by atoms with Crippen molar-refractivity contribution >= 4 is 35.0 Å². The first-order valence-corrected chi connectivity index (χ1v) is 7.12. The minimum absolute atomic E-state index is 0.676. The second-order valence-corrected chi connectivity index (χ2v) is 5.60. The highest BCUT2D eigenvalue weighted by Crippen LogP contribution is 2.16. The van der Waals surface area contributed by atoms with Gasteiger partial charge in [0.2, 0.25) is 0 Å². The Morgan fingerprint density at radius 2 is 2.19 bits per heavy atom. The highest BCUT2D eigenvalue weighted by Gasteiger charge is 2.05. The van der Waals surface area contributed by atoms with Crippen molar-refractivity contribution in [3.8, 4) is 0 Å². The molecule has 0 aliphatic rings. The van der Waals surface area contributed by atoms with Crippen molar-refractivity contribution in [3.63, 3.8) is 0 Å². The number of imidazole rings is 1. The first kappa shape index (κ1) is 11.7. The number of H-pyrrole nitrogens is 1. The lowest BCUT2D eigenvalue weighted by atomic mass is 10.3. The van der Waals surface area contributed by atoms with Gasteiger partial charge in [-0.1, -0.05) is 19.1 Å². The summed E-state index contributed by atoms with van der Waals surface area (Å²) in [4.78, 5) is 3.24. The SMILES string of the molecule is CSC(C)CCn1c(=S)[nH]c2ccccc21. The molecule has 0 saturated carbocycles. The van der Waals surface area contributed by atoms with E-state index in [2.05, 4.69) is 40.9 Å². The van der Waals surface area contributed by atoms with Crippen molar-refractivity contribution < 1.29 is 0 Å². The molecule has 4 heteroatoms. The topological polar surface area (TPSA) is 20.7 Å². The smallest absolute Gasteiger partial charge is 0.178 e. The third-order valence-corrected chi connectivity index (χ3v) is 4.21. The Bertz CT molecular complexity index is 527. The fraction of sp³-hybridized carbons (Fsp3) is 0.417. The van der Waals surface area contributed by atoms with Crippen LogP contribution in [0.15, 0.2) is 24.3 Å². The van der Waals surface area contributed by atoms with Gasteiger partial charge in [0.05, 0.1) is 11.0 Å². The van der Waals surface area contributed by atoms with E-state index in [0.717, 1.165) is 23.3 Å². The zero-order chi connectivity index (χ0) is 11.5. The fourth-order valence-electron chi connectivity index (χ4n) is 1.76. The van der Waals surface area contributed by atoms with E-state index in [0.29, 0.717) is 5.25 Å². The van der Waals surface area contributed by atoms with E-state index < -0.39 is 0 Å². The lowest BCUT2D eigenvalue weighted by molar-refractivity contribution is 0.648. The molecule has 1 unspecified atom stereocenters. The number of fused-ring (bicyclic) bond motifs is 1. The summed E-state index contributed by atoms with van der Waals surface area (Å²) in [7, 11) is 0. The molecule has 0 saturated heterocycles. The predicted octanol–water partition coefficient (Wildman–Crippen LogP) is 3.84. The molecule has 86 valence electrons. The molecule has 1 N–H and O–H groups in total. The van der Waals surface area contributed by atoms with Crippen molar-refractivity contribution in [1.82, 2.24) is 9.55 Å². The number of hydrogen-bond donors (Lipinski definition) is 1. The number of aromatic amines is 1. The summed E-state index contributed by atoms with van der Waals surface area (Å²) in [5.74, 6) is 0. The van der Waals surface area contributed by atoms with E-state index in [1.807, 2.05) is 17.8 Å². The van der Waals surface area contributed by atoms with Crippen molar-refractivity contribution in [2.45, 2.75) is 25.1 Å². The Morgan fingerprint density at radius 3 is 2.94 bits per heavy atom. The van der Waals surface area contributed by atoms with Crippen LogP contribution in [0.2, 0.25) is 0 Å². The maximum absolute atomic E-state index is 5.34. The van der Waals surface area contributed by atoms with Crippen LogP contribution >= 0.6 is 24.0 Å². The third-order valence-electron chi connectivity index (χ3n) is 2.84. The van der Waals surface area contributed by atoms with Crippen LogP contribution < -0.4 is 0 Å². The van der Waals surface area contributed by atoms with Gasteiger partial charge in [0, 0.05) is 11.8 Å². The van der Waals surface area contributed by atoms with Gasteiger partial charge in [-0.15, -0.1) is 0 Å². The van der Waals surface area contributed by atoms with Gasteiger partial charge in [-0.3, -0.25) is 0 Å². The first-order chi connectivity index (χ1) is 7.72. The molecule has 16 heavy (non-hydrogen) atoms. The van der Waals surface area contributed by atoms with Crippen LogP contribution in [0.25, 0.3) is 11.0 Å². The molecular formula is C12H16N2S2. The van der Waals surface area contributed by atoms with Gasteiger partial charge in [-0.25, -0.2) is 0 Å². The molecule has 1 aromatic carbocycles. The summed E-state index contributed by atoms with van der Waals surface area (Å²) in [5.41, 5.74) is 2.34. The van der Waals surface area contributed by atoms with Gasteiger partial charge < -0.3 is 9.55 Å². The molecule has 1 atom stereocenters. The molecule has 0 radical (unpaired) electrons. The van der Waals surface area contributed by atoms with Crippen molar-refractivity contribution in [3.05, 3.63) is 29.0 Å². The maximum atomic E-state index is 5.34. The molecule has 2 rings (SSSR count). The molecular weight excluding hydrogens is 236 g/mol. The molecule has 1 heterocycles.